The summed E-state index contributed by atoms with van der Waals surface area (Å²) >= 11 is 0. The van der Waals surface area contributed by atoms with Gasteiger partial charge in [-0.2, -0.15) is 0 Å². The average molecular weight is 159 g/mol. The molecule has 0 aromatic heterocycles. The van der Waals surface area contributed by atoms with Crippen molar-refractivity contribution in [2.45, 2.75) is 18.4 Å². The van der Waals surface area contributed by atoms with Gasteiger partial charge in [-0.05, 0) is 12.0 Å². The molecule has 1 aliphatic carbocycles. The summed E-state index contributed by atoms with van der Waals surface area (Å²) in [5, 5.41) is 0. The Labute approximate surface area is 70.9 Å². The number of aliphatic imine (C=N–C) groups is 1. The lowest BCUT2D eigenvalue weighted by Gasteiger charge is -1.94. The molecule has 0 amide bonds. The maximum Gasteiger partial charge on any atom is 0.235 e. The summed E-state index contributed by atoms with van der Waals surface area (Å²) in [6.07, 6.45) is 2.60. The Morgan fingerprint density at radius 1 is 1.33 bits per heavy atom. The van der Waals surface area contributed by atoms with Gasteiger partial charge in [0.05, 0.1) is 6.04 Å². The van der Waals surface area contributed by atoms with Crippen LogP contribution in [0.5, 0.6) is 0 Å². The zero-order valence-corrected chi connectivity index (χ0v) is 6.60. The Morgan fingerprint density at radius 2 is 2.08 bits per heavy atom. The van der Waals surface area contributed by atoms with Gasteiger partial charge in [-0.3, -0.25) is 0 Å². The van der Waals surface area contributed by atoms with Crippen LogP contribution in [0.4, 0.5) is 0 Å². The van der Waals surface area contributed by atoms with Crippen molar-refractivity contribution in [3.8, 4) is 0 Å². The van der Waals surface area contributed by atoms with E-state index in [0.717, 1.165) is 6.42 Å². The number of hydrogen-bond donors (Lipinski definition) is 0. The van der Waals surface area contributed by atoms with Crippen molar-refractivity contribution >= 4 is 6.08 Å². The molecule has 0 aliphatic heterocycles. The molecular formula is C10H9NO. The molecule has 2 atom stereocenters. The highest BCUT2D eigenvalue weighted by atomic mass is 16.1. The van der Waals surface area contributed by atoms with Crippen LogP contribution >= 0.6 is 0 Å². The lowest BCUT2D eigenvalue weighted by molar-refractivity contribution is 0.562. The second-order valence-corrected chi connectivity index (χ2v) is 3.04. The number of isocyanates is 1. The van der Waals surface area contributed by atoms with Crippen molar-refractivity contribution in [3.63, 3.8) is 0 Å². The van der Waals surface area contributed by atoms with Gasteiger partial charge in [0.1, 0.15) is 0 Å². The summed E-state index contributed by atoms with van der Waals surface area (Å²) in [6.45, 7) is 0. The molecule has 0 N–H and O–H groups in total. The fraction of sp³-hybridized carbons (Fsp3) is 0.300. The number of hydrogen-bond acceptors (Lipinski definition) is 2. The van der Waals surface area contributed by atoms with Crippen molar-refractivity contribution in [3.05, 3.63) is 35.9 Å². The van der Waals surface area contributed by atoms with Crippen LogP contribution in [0.25, 0.3) is 0 Å². The minimum Gasteiger partial charge on any atom is -0.211 e. The molecule has 0 unspecified atom stereocenters. The van der Waals surface area contributed by atoms with Crippen molar-refractivity contribution < 1.29 is 4.79 Å². The lowest BCUT2D eigenvalue weighted by Crippen LogP contribution is -1.82. The molecule has 1 aliphatic rings. The van der Waals surface area contributed by atoms with Crippen LogP contribution in [0.1, 0.15) is 17.9 Å². The summed E-state index contributed by atoms with van der Waals surface area (Å²) in [5.41, 5.74) is 1.28. The maximum absolute atomic E-state index is 9.94. The van der Waals surface area contributed by atoms with E-state index < -0.39 is 0 Å². The van der Waals surface area contributed by atoms with Crippen molar-refractivity contribution in [1.29, 1.82) is 0 Å². The van der Waals surface area contributed by atoms with Gasteiger partial charge in [-0.25, -0.2) is 9.79 Å². The molecule has 0 radical (unpaired) electrons. The summed E-state index contributed by atoms with van der Waals surface area (Å²) in [4.78, 5) is 13.6. The van der Waals surface area contributed by atoms with Gasteiger partial charge < -0.3 is 0 Å². The Balaban J connectivity index is 2.11. The summed E-state index contributed by atoms with van der Waals surface area (Å²) in [7, 11) is 0. The third-order valence-electron chi connectivity index (χ3n) is 2.20. The molecule has 60 valence electrons. The molecule has 0 bridgehead atoms. The van der Waals surface area contributed by atoms with Crippen molar-refractivity contribution in [1.82, 2.24) is 0 Å². The van der Waals surface area contributed by atoms with Crippen LogP contribution in [0.15, 0.2) is 35.3 Å². The quantitative estimate of drug-likeness (QED) is 0.478. The average Bonchev–Trinajstić information content (AvgIpc) is 2.87. The number of carbonyl (C=O) groups excluding carboxylic acids is 1. The predicted molar refractivity (Wildman–Crippen MR) is 45.7 cm³/mol. The molecule has 0 spiro atoms. The van der Waals surface area contributed by atoms with Crippen LogP contribution in [0, 0.1) is 0 Å². The Bertz CT molecular complexity index is 314. The summed E-state index contributed by atoms with van der Waals surface area (Å²) < 4.78 is 0. The van der Waals surface area contributed by atoms with Crippen LogP contribution < -0.4 is 0 Å². The smallest absolute Gasteiger partial charge is 0.211 e. The maximum atomic E-state index is 9.94. The molecule has 1 saturated carbocycles. The minimum atomic E-state index is 0.199. The molecule has 0 saturated heterocycles. The standard InChI is InChI=1S/C10H9NO/c12-7-11-10-6-9(10)8-4-2-1-3-5-8/h1-5,9-10H,6H2/t9-,10+/m1/s1. The Hall–Kier alpha value is -1.40. The summed E-state index contributed by atoms with van der Waals surface area (Å²) in [6, 6.07) is 10.4. The molecule has 2 heteroatoms. The first-order valence-electron chi connectivity index (χ1n) is 4.04. The van der Waals surface area contributed by atoms with E-state index in [2.05, 4.69) is 17.1 Å². The highest BCUT2D eigenvalue weighted by Gasteiger charge is 2.38. The molecule has 0 heterocycles. The normalized spacial score (nSPS) is 26.0. The predicted octanol–water partition coefficient (Wildman–Crippen LogP) is 1.88. The van der Waals surface area contributed by atoms with Crippen LogP contribution in [0.3, 0.4) is 0 Å². The monoisotopic (exact) mass is 159 g/mol. The van der Waals surface area contributed by atoms with Gasteiger partial charge >= 0.3 is 0 Å². The Kier molecular flexibility index (Phi) is 1.77. The lowest BCUT2D eigenvalue weighted by atomic mass is 10.1. The van der Waals surface area contributed by atoms with Crippen molar-refractivity contribution in [2.24, 2.45) is 4.99 Å². The molecular weight excluding hydrogens is 150 g/mol. The van der Waals surface area contributed by atoms with Gasteiger partial charge in [-0.1, -0.05) is 30.3 Å². The van der Waals surface area contributed by atoms with E-state index in [1.54, 1.807) is 6.08 Å². The molecule has 1 aromatic carbocycles. The largest absolute Gasteiger partial charge is 0.235 e. The fourth-order valence-electron chi connectivity index (χ4n) is 1.45. The molecule has 2 nitrogen and oxygen atoms in total. The molecule has 12 heavy (non-hydrogen) atoms. The van der Waals surface area contributed by atoms with E-state index in [-0.39, 0.29) is 6.04 Å². The minimum absolute atomic E-state index is 0.199. The zero-order chi connectivity index (χ0) is 8.39. The first-order chi connectivity index (χ1) is 5.92. The van der Waals surface area contributed by atoms with Crippen LogP contribution in [0.2, 0.25) is 0 Å². The second-order valence-electron chi connectivity index (χ2n) is 3.04. The number of nitrogens with zero attached hydrogens (tertiary/aromatic N) is 1. The topological polar surface area (TPSA) is 29.4 Å². The second kappa shape index (κ2) is 2.92. The van der Waals surface area contributed by atoms with Crippen LogP contribution in [-0.2, 0) is 4.79 Å². The SMILES string of the molecule is O=C=N[C@H]1C[C@@H]1c1ccccc1. The highest BCUT2D eigenvalue weighted by molar-refractivity contribution is 5.37. The third kappa shape index (κ3) is 1.29. The van der Waals surface area contributed by atoms with E-state index in [9.17, 15) is 4.79 Å². The molecule has 2 rings (SSSR count). The first-order valence-corrected chi connectivity index (χ1v) is 4.04. The van der Waals surface area contributed by atoms with Crippen molar-refractivity contribution in [2.75, 3.05) is 0 Å². The van der Waals surface area contributed by atoms with Gasteiger partial charge in [0.15, 0.2) is 0 Å². The number of rotatable bonds is 2. The molecule has 1 aromatic rings. The van der Waals surface area contributed by atoms with Gasteiger partial charge in [0, 0.05) is 5.92 Å². The van der Waals surface area contributed by atoms with Gasteiger partial charge in [0.2, 0.25) is 6.08 Å². The van der Waals surface area contributed by atoms with E-state index >= 15 is 0 Å². The van der Waals surface area contributed by atoms with Gasteiger partial charge in [-0.15, -0.1) is 0 Å². The Morgan fingerprint density at radius 3 is 2.75 bits per heavy atom. The third-order valence-corrected chi connectivity index (χ3v) is 2.20. The zero-order valence-electron chi connectivity index (χ0n) is 6.60. The van der Waals surface area contributed by atoms with E-state index in [0.29, 0.717) is 5.92 Å². The van der Waals surface area contributed by atoms with Crippen LogP contribution in [-0.4, -0.2) is 12.1 Å². The molecule has 1 fully saturated rings. The number of benzene rings is 1. The van der Waals surface area contributed by atoms with E-state index in [1.165, 1.54) is 5.56 Å². The van der Waals surface area contributed by atoms with E-state index in [4.69, 9.17) is 0 Å². The summed E-state index contributed by atoms with van der Waals surface area (Å²) in [5.74, 6) is 0.465. The highest BCUT2D eigenvalue weighted by Crippen LogP contribution is 2.42. The first kappa shape index (κ1) is 7.26. The van der Waals surface area contributed by atoms with Gasteiger partial charge in [0.25, 0.3) is 0 Å². The fourth-order valence-corrected chi connectivity index (χ4v) is 1.45. The van der Waals surface area contributed by atoms with E-state index in [1.807, 2.05) is 18.2 Å².